The topological polar surface area (TPSA) is 54.0 Å². The molecular weight excluding hydrogens is 236 g/mol. The summed E-state index contributed by atoms with van der Waals surface area (Å²) in [5.41, 5.74) is 0.273. The molecular formula is C13H14O5. The molecule has 1 heterocycles. The number of hydrogen-bond donors (Lipinski definition) is 0. The van der Waals surface area contributed by atoms with Crippen molar-refractivity contribution in [2.45, 2.75) is 6.92 Å². The van der Waals surface area contributed by atoms with Crippen LogP contribution in [-0.4, -0.2) is 26.0 Å². The SMILES string of the molecule is C=C(COc1ccc2c(c1)OCO2)C(=O)OCC. The van der Waals surface area contributed by atoms with Gasteiger partial charge in [-0.3, -0.25) is 0 Å². The molecule has 5 heteroatoms. The first-order valence-electron chi connectivity index (χ1n) is 5.58. The highest BCUT2D eigenvalue weighted by molar-refractivity contribution is 5.88. The number of rotatable bonds is 5. The molecule has 0 fully saturated rings. The van der Waals surface area contributed by atoms with Gasteiger partial charge in [0, 0.05) is 6.07 Å². The van der Waals surface area contributed by atoms with E-state index in [9.17, 15) is 4.79 Å². The van der Waals surface area contributed by atoms with E-state index in [0.717, 1.165) is 0 Å². The number of ether oxygens (including phenoxy) is 4. The first-order chi connectivity index (χ1) is 8.70. The van der Waals surface area contributed by atoms with E-state index in [1.807, 2.05) is 0 Å². The second-order valence-electron chi connectivity index (χ2n) is 3.63. The molecule has 0 aromatic heterocycles. The van der Waals surface area contributed by atoms with Crippen LogP contribution in [0.5, 0.6) is 17.2 Å². The zero-order valence-corrected chi connectivity index (χ0v) is 10.1. The van der Waals surface area contributed by atoms with Gasteiger partial charge < -0.3 is 18.9 Å². The smallest absolute Gasteiger partial charge is 0.336 e. The molecule has 0 atom stereocenters. The van der Waals surface area contributed by atoms with Crippen LogP contribution in [0.2, 0.25) is 0 Å². The maximum absolute atomic E-state index is 11.3. The number of carbonyl (C=O) groups is 1. The minimum atomic E-state index is -0.446. The van der Waals surface area contributed by atoms with E-state index in [-0.39, 0.29) is 19.0 Å². The van der Waals surface area contributed by atoms with Gasteiger partial charge in [-0.05, 0) is 19.1 Å². The van der Waals surface area contributed by atoms with Crippen LogP contribution in [0.4, 0.5) is 0 Å². The molecule has 0 N–H and O–H groups in total. The van der Waals surface area contributed by atoms with Crippen LogP contribution in [0.3, 0.4) is 0 Å². The lowest BCUT2D eigenvalue weighted by atomic mass is 10.3. The Labute approximate surface area is 105 Å². The standard InChI is InChI=1S/C13H14O5/c1-3-15-13(14)9(2)7-16-10-4-5-11-12(6-10)18-8-17-11/h4-6H,2-3,7-8H2,1H3. The third kappa shape index (κ3) is 2.74. The van der Waals surface area contributed by atoms with E-state index in [1.165, 1.54) is 0 Å². The zero-order chi connectivity index (χ0) is 13.0. The minimum absolute atomic E-state index is 0.0818. The highest BCUT2D eigenvalue weighted by atomic mass is 16.7. The maximum atomic E-state index is 11.3. The van der Waals surface area contributed by atoms with Gasteiger partial charge in [-0.2, -0.15) is 0 Å². The first-order valence-corrected chi connectivity index (χ1v) is 5.58. The van der Waals surface area contributed by atoms with Crippen molar-refractivity contribution < 1.29 is 23.7 Å². The van der Waals surface area contributed by atoms with Gasteiger partial charge >= 0.3 is 5.97 Å². The number of benzene rings is 1. The predicted molar refractivity (Wildman–Crippen MR) is 63.8 cm³/mol. The minimum Gasteiger partial charge on any atom is -0.489 e. The molecule has 1 aromatic rings. The van der Waals surface area contributed by atoms with E-state index in [2.05, 4.69) is 6.58 Å². The lowest BCUT2D eigenvalue weighted by Gasteiger charge is -2.08. The second kappa shape index (κ2) is 5.44. The van der Waals surface area contributed by atoms with Crippen LogP contribution in [0, 0.1) is 0 Å². The Morgan fingerprint density at radius 1 is 1.39 bits per heavy atom. The van der Waals surface area contributed by atoms with Gasteiger partial charge in [0.25, 0.3) is 0 Å². The van der Waals surface area contributed by atoms with Crippen molar-refractivity contribution in [2.75, 3.05) is 20.0 Å². The molecule has 5 nitrogen and oxygen atoms in total. The number of carbonyl (C=O) groups excluding carboxylic acids is 1. The van der Waals surface area contributed by atoms with Crippen LogP contribution in [0.25, 0.3) is 0 Å². The van der Waals surface area contributed by atoms with E-state index in [4.69, 9.17) is 18.9 Å². The normalized spacial score (nSPS) is 12.1. The lowest BCUT2D eigenvalue weighted by Crippen LogP contribution is -2.13. The number of fused-ring (bicyclic) bond motifs is 1. The summed E-state index contributed by atoms with van der Waals surface area (Å²) in [5.74, 6) is 1.46. The molecule has 1 aliphatic rings. The van der Waals surface area contributed by atoms with Crippen LogP contribution in [-0.2, 0) is 9.53 Å². The molecule has 18 heavy (non-hydrogen) atoms. The summed E-state index contributed by atoms with van der Waals surface area (Å²) in [4.78, 5) is 11.3. The Morgan fingerprint density at radius 3 is 2.94 bits per heavy atom. The Bertz CT molecular complexity index is 466. The van der Waals surface area contributed by atoms with Crippen molar-refractivity contribution in [3.05, 3.63) is 30.4 Å². The highest BCUT2D eigenvalue weighted by Gasteiger charge is 2.14. The molecule has 96 valence electrons. The van der Waals surface area contributed by atoms with Gasteiger partial charge in [-0.15, -0.1) is 0 Å². The number of hydrogen-bond acceptors (Lipinski definition) is 5. The Balaban J connectivity index is 1.90. The summed E-state index contributed by atoms with van der Waals surface area (Å²) in [5, 5.41) is 0. The molecule has 1 aliphatic heterocycles. The van der Waals surface area contributed by atoms with Crippen LogP contribution < -0.4 is 14.2 Å². The van der Waals surface area contributed by atoms with Gasteiger partial charge in [0.15, 0.2) is 11.5 Å². The molecule has 0 bridgehead atoms. The third-order valence-electron chi connectivity index (χ3n) is 2.32. The average Bonchev–Trinajstić information content (AvgIpc) is 2.83. The Kier molecular flexibility index (Phi) is 3.72. The van der Waals surface area contributed by atoms with Crippen molar-refractivity contribution in [2.24, 2.45) is 0 Å². The van der Waals surface area contributed by atoms with Crippen molar-refractivity contribution in [3.63, 3.8) is 0 Å². The van der Waals surface area contributed by atoms with Gasteiger partial charge in [0.1, 0.15) is 12.4 Å². The summed E-state index contributed by atoms with van der Waals surface area (Å²) in [6.07, 6.45) is 0. The van der Waals surface area contributed by atoms with Crippen LogP contribution in [0.15, 0.2) is 30.4 Å². The summed E-state index contributed by atoms with van der Waals surface area (Å²) in [7, 11) is 0. The molecule has 0 aliphatic carbocycles. The third-order valence-corrected chi connectivity index (χ3v) is 2.32. The van der Waals surface area contributed by atoms with Gasteiger partial charge in [-0.25, -0.2) is 4.79 Å². The summed E-state index contributed by atoms with van der Waals surface area (Å²) in [6.45, 7) is 5.96. The quantitative estimate of drug-likeness (QED) is 0.590. The highest BCUT2D eigenvalue weighted by Crippen LogP contribution is 2.35. The second-order valence-corrected chi connectivity index (χ2v) is 3.63. The van der Waals surface area contributed by atoms with E-state index >= 15 is 0 Å². The molecule has 0 saturated carbocycles. The fourth-order valence-electron chi connectivity index (χ4n) is 1.43. The first kappa shape index (κ1) is 12.3. The Morgan fingerprint density at radius 2 is 2.17 bits per heavy atom. The molecule has 0 unspecified atom stereocenters. The Hall–Kier alpha value is -2.17. The lowest BCUT2D eigenvalue weighted by molar-refractivity contribution is -0.138. The predicted octanol–water partition coefficient (Wildman–Crippen LogP) is 1.91. The molecule has 0 amide bonds. The fraction of sp³-hybridized carbons (Fsp3) is 0.308. The van der Waals surface area contributed by atoms with Crippen molar-refractivity contribution in [1.29, 1.82) is 0 Å². The summed E-state index contributed by atoms with van der Waals surface area (Å²) in [6, 6.07) is 5.21. The summed E-state index contributed by atoms with van der Waals surface area (Å²) < 4.78 is 20.6. The van der Waals surface area contributed by atoms with Crippen molar-refractivity contribution in [1.82, 2.24) is 0 Å². The fourth-order valence-corrected chi connectivity index (χ4v) is 1.43. The summed E-state index contributed by atoms with van der Waals surface area (Å²) >= 11 is 0. The number of esters is 1. The molecule has 2 rings (SSSR count). The van der Waals surface area contributed by atoms with Gasteiger partial charge in [0.05, 0.1) is 12.2 Å². The monoisotopic (exact) mass is 250 g/mol. The largest absolute Gasteiger partial charge is 0.489 e. The van der Waals surface area contributed by atoms with E-state index < -0.39 is 5.97 Å². The van der Waals surface area contributed by atoms with Crippen LogP contribution >= 0.6 is 0 Å². The zero-order valence-electron chi connectivity index (χ0n) is 10.1. The van der Waals surface area contributed by atoms with Crippen LogP contribution in [0.1, 0.15) is 6.92 Å². The van der Waals surface area contributed by atoms with Gasteiger partial charge in [-0.1, -0.05) is 6.58 Å². The van der Waals surface area contributed by atoms with Crippen molar-refractivity contribution in [3.8, 4) is 17.2 Å². The van der Waals surface area contributed by atoms with E-state index in [0.29, 0.717) is 23.9 Å². The van der Waals surface area contributed by atoms with Crippen molar-refractivity contribution >= 4 is 5.97 Å². The average molecular weight is 250 g/mol. The van der Waals surface area contributed by atoms with E-state index in [1.54, 1.807) is 25.1 Å². The molecule has 0 saturated heterocycles. The molecule has 0 radical (unpaired) electrons. The molecule has 1 aromatic carbocycles. The maximum Gasteiger partial charge on any atom is 0.336 e. The molecule has 0 spiro atoms. The van der Waals surface area contributed by atoms with Gasteiger partial charge in [0.2, 0.25) is 6.79 Å².